The average Bonchev–Trinajstić information content (AvgIpc) is 3.08. The third kappa shape index (κ3) is 3.56. The van der Waals surface area contributed by atoms with Gasteiger partial charge in [0.1, 0.15) is 17.6 Å². The van der Waals surface area contributed by atoms with Crippen LogP contribution in [0.2, 0.25) is 0 Å². The van der Waals surface area contributed by atoms with E-state index in [9.17, 15) is 10.1 Å². The van der Waals surface area contributed by atoms with Crippen LogP contribution in [0.15, 0.2) is 29.7 Å². The molecule has 2 heterocycles. The van der Waals surface area contributed by atoms with Gasteiger partial charge in [-0.05, 0) is 25.1 Å². The number of rotatable bonds is 6. The van der Waals surface area contributed by atoms with E-state index >= 15 is 0 Å². The molecule has 0 saturated carbocycles. The first kappa shape index (κ1) is 19.8. The van der Waals surface area contributed by atoms with Crippen LogP contribution in [0.3, 0.4) is 0 Å². The summed E-state index contributed by atoms with van der Waals surface area (Å²) in [5, 5.41) is 9.78. The van der Waals surface area contributed by atoms with Gasteiger partial charge < -0.3 is 24.7 Å². The molecule has 4 unspecified atom stereocenters. The van der Waals surface area contributed by atoms with Crippen molar-refractivity contribution >= 4 is 5.97 Å². The summed E-state index contributed by atoms with van der Waals surface area (Å²) >= 11 is 0. The van der Waals surface area contributed by atoms with E-state index in [0.717, 1.165) is 5.56 Å². The van der Waals surface area contributed by atoms with Crippen molar-refractivity contribution in [3.8, 4) is 17.6 Å². The van der Waals surface area contributed by atoms with Gasteiger partial charge in [0.2, 0.25) is 5.88 Å². The first-order valence-electron chi connectivity index (χ1n) is 8.99. The molecular weight excluding hydrogens is 364 g/mol. The molecule has 0 radical (unpaired) electrons. The molecule has 2 aliphatic rings. The molecule has 1 saturated heterocycles. The highest BCUT2D eigenvalue weighted by molar-refractivity contribution is 5.70. The first-order chi connectivity index (χ1) is 13.5. The fourth-order valence-electron chi connectivity index (χ4n) is 3.81. The lowest BCUT2D eigenvalue weighted by Gasteiger charge is -2.36. The van der Waals surface area contributed by atoms with Gasteiger partial charge in [0, 0.05) is 23.4 Å². The lowest BCUT2D eigenvalue weighted by atomic mass is 9.74. The second kappa shape index (κ2) is 8.37. The Labute approximate surface area is 163 Å². The smallest absolute Gasteiger partial charge is 0.307 e. The summed E-state index contributed by atoms with van der Waals surface area (Å²) in [6.45, 7) is 2.05. The largest absolute Gasteiger partial charge is 0.497 e. The Morgan fingerprint density at radius 3 is 2.75 bits per heavy atom. The first-order valence-corrected chi connectivity index (χ1v) is 8.99. The van der Waals surface area contributed by atoms with Gasteiger partial charge in [0.15, 0.2) is 6.23 Å². The molecule has 0 spiro atoms. The molecule has 150 valence electrons. The molecule has 9 heteroatoms. The van der Waals surface area contributed by atoms with Crippen LogP contribution in [-0.4, -0.2) is 39.1 Å². The number of carbonyl (C=O) groups is 1. The van der Waals surface area contributed by atoms with Crippen molar-refractivity contribution in [1.29, 1.82) is 5.26 Å². The van der Waals surface area contributed by atoms with Gasteiger partial charge in [-0.1, -0.05) is 0 Å². The van der Waals surface area contributed by atoms with Crippen LogP contribution in [0.5, 0.6) is 11.5 Å². The van der Waals surface area contributed by atoms with Crippen molar-refractivity contribution in [3.05, 3.63) is 35.2 Å². The zero-order chi connectivity index (χ0) is 20.3. The van der Waals surface area contributed by atoms with E-state index in [0.29, 0.717) is 18.1 Å². The number of esters is 1. The number of nitrogens with one attached hydrogen (secondary N) is 2. The Morgan fingerprint density at radius 1 is 1.32 bits per heavy atom. The SMILES string of the molecule is CCOC(=O)CC1NNC2OC(N)=C(C#N)C(c3cc(OC)ccc3OC)C12. The van der Waals surface area contributed by atoms with Crippen molar-refractivity contribution < 1.29 is 23.7 Å². The highest BCUT2D eigenvalue weighted by Crippen LogP contribution is 2.47. The predicted octanol–water partition coefficient (Wildman–Crippen LogP) is 0.883. The van der Waals surface area contributed by atoms with Crippen LogP contribution in [0.4, 0.5) is 0 Å². The Hall–Kier alpha value is -2.96. The number of nitrogens with two attached hydrogens (primary N) is 1. The Kier molecular flexibility index (Phi) is 5.92. The van der Waals surface area contributed by atoms with Crippen molar-refractivity contribution in [2.24, 2.45) is 11.7 Å². The standard InChI is InChI=1S/C19H24N4O5/c1-4-27-15(24)8-13-17-16(11-7-10(25-2)5-6-14(11)26-3)12(9-20)18(21)28-19(17)23-22-13/h5-7,13,16-17,19,22-23H,4,8,21H2,1-3H3. The number of hydrogen-bond donors (Lipinski definition) is 3. The number of allylic oxidation sites excluding steroid dienone is 1. The third-order valence-corrected chi connectivity index (χ3v) is 5.02. The Balaban J connectivity index is 2.07. The lowest BCUT2D eigenvalue weighted by Crippen LogP contribution is -2.41. The topological polar surface area (TPSA) is 128 Å². The molecule has 1 aromatic carbocycles. The van der Waals surface area contributed by atoms with Gasteiger partial charge in [-0.3, -0.25) is 10.2 Å². The molecule has 0 bridgehead atoms. The summed E-state index contributed by atoms with van der Waals surface area (Å²) in [5.74, 6) is 0.164. The normalized spacial score (nSPS) is 26.1. The third-order valence-electron chi connectivity index (χ3n) is 5.02. The number of fused-ring (bicyclic) bond motifs is 1. The number of methoxy groups -OCH3 is 2. The number of benzene rings is 1. The molecule has 0 amide bonds. The van der Waals surface area contributed by atoms with Crippen molar-refractivity contribution in [2.45, 2.75) is 31.5 Å². The van der Waals surface area contributed by atoms with Gasteiger partial charge in [-0.2, -0.15) is 5.26 Å². The maximum absolute atomic E-state index is 12.1. The van der Waals surface area contributed by atoms with E-state index in [1.54, 1.807) is 33.3 Å². The van der Waals surface area contributed by atoms with E-state index in [4.69, 9.17) is 24.7 Å². The Morgan fingerprint density at radius 2 is 2.11 bits per heavy atom. The van der Waals surface area contributed by atoms with Gasteiger partial charge in [0.05, 0.1) is 32.8 Å². The number of nitriles is 1. The van der Waals surface area contributed by atoms with E-state index in [1.807, 2.05) is 6.07 Å². The zero-order valence-corrected chi connectivity index (χ0v) is 16.0. The number of carbonyl (C=O) groups excluding carboxylic acids is 1. The van der Waals surface area contributed by atoms with Crippen LogP contribution >= 0.6 is 0 Å². The molecule has 0 aliphatic carbocycles. The number of hydrogen-bond acceptors (Lipinski definition) is 9. The predicted molar refractivity (Wildman–Crippen MR) is 98.8 cm³/mol. The van der Waals surface area contributed by atoms with Crippen molar-refractivity contribution in [2.75, 3.05) is 20.8 Å². The summed E-state index contributed by atoms with van der Waals surface area (Å²) in [4.78, 5) is 12.1. The zero-order valence-electron chi connectivity index (χ0n) is 16.0. The quantitative estimate of drug-likeness (QED) is 0.608. The van der Waals surface area contributed by atoms with Crippen LogP contribution in [0.25, 0.3) is 0 Å². The maximum Gasteiger partial charge on any atom is 0.307 e. The van der Waals surface area contributed by atoms with Gasteiger partial charge in [-0.15, -0.1) is 0 Å². The van der Waals surface area contributed by atoms with Crippen LogP contribution < -0.4 is 26.1 Å². The highest BCUT2D eigenvalue weighted by Gasteiger charge is 2.50. The van der Waals surface area contributed by atoms with Gasteiger partial charge in [0.25, 0.3) is 0 Å². The van der Waals surface area contributed by atoms with Crippen molar-refractivity contribution in [1.82, 2.24) is 10.9 Å². The summed E-state index contributed by atoms with van der Waals surface area (Å²) in [6, 6.07) is 7.20. The fraction of sp³-hybridized carbons (Fsp3) is 0.474. The second-order valence-corrected chi connectivity index (χ2v) is 6.50. The van der Waals surface area contributed by atoms with Crippen LogP contribution in [-0.2, 0) is 14.3 Å². The molecule has 0 aromatic heterocycles. The maximum atomic E-state index is 12.1. The van der Waals surface area contributed by atoms with E-state index < -0.39 is 12.1 Å². The molecule has 4 atom stereocenters. The minimum absolute atomic E-state index is 0.0460. The minimum Gasteiger partial charge on any atom is -0.497 e. The molecule has 3 rings (SSSR count). The van der Waals surface area contributed by atoms with Crippen LogP contribution in [0, 0.1) is 17.2 Å². The minimum atomic E-state index is -0.516. The average molecular weight is 388 g/mol. The molecule has 1 fully saturated rings. The van der Waals surface area contributed by atoms with Gasteiger partial charge >= 0.3 is 5.97 Å². The van der Waals surface area contributed by atoms with E-state index in [1.165, 1.54) is 0 Å². The summed E-state index contributed by atoms with van der Waals surface area (Å²) in [6.07, 6.45) is -0.398. The molecular formula is C19H24N4O5. The molecule has 2 aliphatic heterocycles. The lowest BCUT2D eigenvalue weighted by molar-refractivity contribution is -0.144. The van der Waals surface area contributed by atoms with E-state index in [2.05, 4.69) is 16.9 Å². The number of ether oxygens (including phenoxy) is 4. The van der Waals surface area contributed by atoms with Crippen molar-refractivity contribution in [3.63, 3.8) is 0 Å². The summed E-state index contributed by atoms with van der Waals surface area (Å²) in [7, 11) is 3.12. The van der Waals surface area contributed by atoms with E-state index in [-0.39, 0.29) is 35.8 Å². The van der Waals surface area contributed by atoms with Crippen LogP contribution in [0.1, 0.15) is 24.8 Å². The Bertz CT molecular complexity index is 819. The number of hydrazine groups is 1. The summed E-state index contributed by atoms with van der Waals surface area (Å²) < 4.78 is 21.7. The number of nitrogens with zero attached hydrogens (tertiary/aromatic N) is 1. The van der Waals surface area contributed by atoms with Gasteiger partial charge in [-0.25, -0.2) is 5.43 Å². The summed E-state index contributed by atoms with van der Waals surface area (Å²) in [5.41, 5.74) is 13.2. The molecule has 9 nitrogen and oxygen atoms in total. The molecule has 28 heavy (non-hydrogen) atoms. The fourth-order valence-corrected chi connectivity index (χ4v) is 3.81. The second-order valence-electron chi connectivity index (χ2n) is 6.50. The highest BCUT2D eigenvalue weighted by atomic mass is 16.5. The monoisotopic (exact) mass is 388 g/mol. The molecule has 4 N–H and O–H groups in total. The molecule has 1 aromatic rings.